The number of nitrogens with zero attached hydrogens (tertiary/aromatic N) is 2. The van der Waals surface area contributed by atoms with Crippen LogP contribution in [0.5, 0.6) is 11.5 Å². The van der Waals surface area contributed by atoms with Crippen LogP contribution in [0.4, 0.5) is 21.6 Å². The molecule has 0 unspecified atom stereocenters. The Hall–Kier alpha value is -4.34. The van der Waals surface area contributed by atoms with E-state index in [1.54, 1.807) is 45.4 Å². The first-order valence-corrected chi connectivity index (χ1v) is 12.8. The molecular formula is C29H34FN5O4. The van der Waals surface area contributed by atoms with E-state index in [2.05, 4.69) is 27.4 Å². The summed E-state index contributed by atoms with van der Waals surface area (Å²) in [6.45, 7) is 6.21. The molecule has 1 fully saturated rings. The summed E-state index contributed by atoms with van der Waals surface area (Å²) in [7, 11) is 3.22. The van der Waals surface area contributed by atoms with Crippen molar-refractivity contribution in [2.75, 3.05) is 42.8 Å². The number of aromatic amines is 1. The summed E-state index contributed by atoms with van der Waals surface area (Å²) in [4.78, 5) is 27.3. The first-order chi connectivity index (χ1) is 18.7. The highest BCUT2D eigenvalue weighted by Crippen LogP contribution is 2.31. The van der Waals surface area contributed by atoms with Crippen molar-refractivity contribution in [2.24, 2.45) is 0 Å². The quantitative estimate of drug-likeness (QED) is 0.318. The third-order valence-corrected chi connectivity index (χ3v) is 6.83. The van der Waals surface area contributed by atoms with Crippen molar-refractivity contribution in [1.29, 1.82) is 0 Å². The highest BCUT2D eigenvalue weighted by molar-refractivity contribution is 6.11. The molecule has 10 heteroatoms. The number of piperidine rings is 1. The molecular weight excluding hydrogens is 501 g/mol. The molecule has 3 N–H and O–H groups in total. The third kappa shape index (κ3) is 7.16. The molecule has 0 saturated carbocycles. The number of anilines is 3. The molecule has 4 rings (SSSR count). The van der Waals surface area contributed by atoms with Crippen molar-refractivity contribution in [3.63, 3.8) is 0 Å². The summed E-state index contributed by atoms with van der Waals surface area (Å²) in [6.07, 6.45) is 3.33. The van der Waals surface area contributed by atoms with Gasteiger partial charge < -0.3 is 25.0 Å². The van der Waals surface area contributed by atoms with E-state index in [4.69, 9.17) is 9.47 Å². The van der Waals surface area contributed by atoms with Gasteiger partial charge in [0.15, 0.2) is 5.82 Å². The Balaban J connectivity index is 1.45. The number of benzene rings is 2. The van der Waals surface area contributed by atoms with Gasteiger partial charge in [-0.25, -0.2) is 4.39 Å². The number of hydrogen-bond acceptors (Lipinski definition) is 6. The van der Waals surface area contributed by atoms with E-state index in [1.807, 2.05) is 23.1 Å². The topological polar surface area (TPSA) is 109 Å². The molecule has 0 aliphatic carbocycles. The number of amides is 2. The summed E-state index contributed by atoms with van der Waals surface area (Å²) in [6, 6.07) is 12.7. The van der Waals surface area contributed by atoms with Crippen molar-refractivity contribution < 1.29 is 23.5 Å². The van der Waals surface area contributed by atoms with Crippen LogP contribution in [0.3, 0.4) is 0 Å². The van der Waals surface area contributed by atoms with Crippen molar-refractivity contribution >= 4 is 29.0 Å². The van der Waals surface area contributed by atoms with Gasteiger partial charge in [-0.2, -0.15) is 5.10 Å². The Morgan fingerprint density at radius 3 is 2.41 bits per heavy atom. The van der Waals surface area contributed by atoms with Gasteiger partial charge in [-0.15, -0.1) is 0 Å². The molecule has 0 spiro atoms. The van der Waals surface area contributed by atoms with Gasteiger partial charge in [-0.05, 0) is 74.6 Å². The number of alkyl halides is 1. The molecule has 39 heavy (non-hydrogen) atoms. The number of carbonyl (C=O) groups is 2. The highest BCUT2D eigenvalue weighted by atomic mass is 19.1. The average Bonchev–Trinajstić information content (AvgIpc) is 3.38. The number of methoxy groups -OCH3 is 2. The predicted molar refractivity (Wildman–Crippen MR) is 150 cm³/mol. The summed E-state index contributed by atoms with van der Waals surface area (Å²) >= 11 is 0. The molecule has 1 aliphatic rings. The maximum Gasteiger partial charge on any atom is 0.258 e. The lowest BCUT2D eigenvalue weighted by atomic mass is 9.95. The van der Waals surface area contributed by atoms with Gasteiger partial charge in [0.2, 0.25) is 5.91 Å². The van der Waals surface area contributed by atoms with Crippen LogP contribution in [-0.2, 0) is 17.6 Å². The molecule has 3 aromatic rings. The summed E-state index contributed by atoms with van der Waals surface area (Å²) in [5.41, 5.74) is 2.11. The number of aryl methyl sites for hydroxylation is 2. The van der Waals surface area contributed by atoms with Crippen molar-refractivity contribution in [1.82, 2.24) is 10.2 Å². The molecule has 1 aliphatic heterocycles. The van der Waals surface area contributed by atoms with Crippen LogP contribution >= 0.6 is 0 Å². The van der Waals surface area contributed by atoms with Gasteiger partial charge in [-0.1, -0.05) is 6.58 Å². The third-order valence-electron chi connectivity index (χ3n) is 6.83. The second-order valence-corrected chi connectivity index (χ2v) is 9.78. The number of nitrogens with one attached hydrogen (secondary N) is 3. The summed E-state index contributed by atoms with van der Waals surface area (Å²) < 4.78 is 24.9. The minimum Gasteiger partial charge on any atom is -0.497 e. The number of halogens is 1. The molecule has 1 saturated heterocycles. The van der Waals surface area contributed by atoms with Crippen LogP contribution in [0.25, 0.3) is 0 Å². The lowest BCUT2D eigenvalue weighted by Gasteiger charge is -2.35. The molecule has 0 radical (unpaired) electrons. The number of hydrogen-bond donors (Lipinski definition) is 3. The second-order valence-electron chi connectivity index (χ2n) is 9.78. The van der Waals surface area contributed by atoms with E-state index >= 15 is 0 Å². The van der Waals surface area contributed by atoms with E-state index < -0.39 is 17.5 Å². The molecule has 0 bridgehead atoms. The van der Waals surface area contributed by atoms with Crippen LogP contribution in [0.1, 0.15) is 41.4 Å². The Labute approximate surface area is 227 Å². The Kier molecular flexibility index (Phi) is 8.53. The normalized spacial score (nSPS) is 14.4. The largest absolute Gasteiger partial charge is 0.497 e. The van der Waals surface area contributed by atoms with E-state index in [9.17, 15) is 14.0 Å². The lowest BCUT2D eigenvalue weighted by molar-refractivity contribution is -0.111. The van der Waals surface area contributed by atoms with Crippen LogP contribution in [-0.4, -0.2) is 55.0 Å². The number of rotatable bonds is 10. The van der Waals surface area contributed by atoms with Crippen molar-refractivity contribution in [2.45, 2.75) is 38.3 Å². The smallest absolute Gasteiger partial charge is 0.258 e. The Morgan fingerprint density at radius 1 is 1.08 bits per heavy atom. The number of carbonyl (C=O) groups excluding carboxylic acids is 2. The van der Waals surface area contributed by atoms with Gasteiger partial charge in [-0.3, -0.25) is 14.7 Å². The Morgan fingerprint density at radius 2 is 1.77 bits per heavy atom. The van der Waals surface area contributed by atoms with Gasteiger partial charge >= 0.3 is 0 Å². The fourth-order valence-electron chi connectivity index (χ4n) is 4.47. The fourth-order valence-corrected chi connectivity index (χ4v) is 4.47. The zero-order valence-electron chi connectivity index (χ0n) is 22.5. The summed E-state index contributed by atoms with van der Waals surface area (Å²) in [5.74, 6) is 0.933. The minimum absolute atomic E-state index is 0.273. The number of ether oxygens (including phenoxy) is 2. The standard InChI is InChI=1S/C29H34FN5O4/c1-5-27(36)31-25-17-21(35-12-10-29(2,30)11-13-35)8-9-24(25)28(37)32-26-16-20(33-34-26)7-6-19-14-22(38-3)18-23(15-19)39-4/h5,8-9,14-18H,1,6-7,10-13H2,2-4H3,(H,31,36)(H2,32,33,34,37). The van der Waals surface area contributed by atoms with Gasteiger partial charge in [0.1, 0.15) is 17.2 Å². The number of H-pyrrole nitrogens is 1. The molecule has 206 valence electrons. The van der Waals surface area contributed by atoms with E-state index in [0.717, 1.165) is 23.0 Å². The Bertz CT molecular complexity index is 1320. The van der Waals surface area contributed by atoms with E-state index in [-0.39, 0.29) is 5.56 Å². The van der Waals surface area contributed by atoms with Crippen molar-refractivity contribution in [3.05, 3.63) is 71.9 Å². The molecule has 2 heterocycles. The summed E-state index contributed by atoms with van der Waals surface area (Å²) in [5, 5.41) is 12.7. The molecule has 9 nitrogen and oxygen atoms in total. The fraction of sp³-hybridized carbons (Fsp3) is 0.345. The maximum atomic E-state index is 14.3. The zero-order valence-corrected chi connectivity index (χ0v) is 22.5. The first-order valence-electron chi connectivity index (χ1n) is 12.8. The molecule has 2 amide bonds. The van der Waals surface area contributed by atoms with Crippen LogP contribution in [0.2, 0.25) is 0 Å². The molecule has 1 aromatic heterocycles. The van der Waals surface area contributed by atoms with E-state index in [0.29, 0.717) is 61.8 Å². The van der Waals surface area contributed by atoms with Crippen molar-refractivity contribution in [3.8, 4) is 11.5 Å². The first kappa shape index (κ1) is 27.7. The van der Waals surface area contributed by atoms with Crippen LogP contribution < -0.4 is 25.0 Å². The molecule has 2 aromatic carbocycles. The maximum absolute atomic E-state index is 14.3. The zero-order chi connectivity index (χ0) is 28.0. The van der Waals surface area contributed by atoms with Gasteiger partial charge in [0.05, 0.1) is 25.5 Å². The van der Waals surface area contributed by atoms with Gasteiger partial charge in [0, 0.05) is 36.6 Å². The predicted octanol–water partition coefficient (Wildman–Crippen LogP) is 4.92. The molecule has 0 atom stereocenters. The van der Waals surface area contributed by atoms with Crippen LogP contribution in [0, 0.1) is 0 Å². The SMILES string of the molecule is C=CC(=O)Nc1cc(N2CCC(C)(F)CC2)ccc1C(=O)Nc1cc(CCc2cc(OC)cc(OC)c2)[nH]n1. The van der Waals surface area contributed by atoms with Gasteiger partial charge in [0.25, 0.3) is 5.91 Å². The number of aromatic nitrogens is 2. The lowest BCUT2D eigenvalue weighted by Crippen LogP contribution is -2.40. The van der Waals surface area contributed by atoms with Crippen LogP contribution in [0.15, 0.2) is 55.1 Å². The second kappa shape index (κ2) is 12.0. The van der Waals surface area contributed by atoms with E-state index in [1.165, 1.54) is 0 Å². The monoisotopic (exact) mass is 535 g/mol. The average molecular weight is 536 g/mol. The highest BCUT2D eigenvalue weighted by Gasteiger charge is 2.30. The minimum atomic E-state index is -1.18.